The number of halogens is 4. The molecule has 7 heteroatoms. The number of furan rings is 1. The molecule has 1 aliphatic heterocycles. The number of fused-ring (bicyclic) bond motifs is 3. The zero-order chi connectivity index (χ0) is 18.5. The molecule has 1 atom stereocenters. The van der Waals surface area contributed by atoms with Crippen molar-refractivity contribution in [2.45, 2.75) is 35.1 Å². The minimum Gasteiger partial charge on any atom is -0.459 e. The van der Waals surface area contributed by atoms with E-state index in [-0.39, 0.29) is 10.7 Å². The molecule has 0 fully saturated rings. The highest BCUT2D eigenvalue weighted by atomic mass is 32.2. The number of rotatable bonds is 3. The van der Waals surface area contributed by atoms with Gasteiger partial charge in [0.25, 0.3) is 6.43 Å². The summed E-state index contributed by atoms with van der Waals surface area (Å²) in [6.07, 6.45) is -2.02. The predicted molar refractivity (Wildman–Crippen MR) is 91.8 cm³/mol. The van der Waals surface area contributed by atoms with E-state index in [0.29, 0.717) is 23.4 Å². The van der Waals surface area contributed by atoms with Crippen LogP contribution in [0.4, 0.5) is 17.6 Å². The fraction of sp³-hybridized carbons (Fsp3) is 0.263. The SMILES string of the molecule is CC1(C(F)F)NCCc2c1oc1cc(Sc3cccc(F)c3F)ccc21. The molecule has 0 bridgehead atoms. The number of nitrogens with one attached hydrogen (secondary N) is 1. The van der Waals surface area contributed by atoms with Crippen LogP contribution < -0.4 is 5.32 Å². The molecular formula is C19H15F4NOS. The van der Waals surface area contributed by atoms with Gasteiger partial charge in [-0.2, -0.15) is 0 Å². The highest BCUT2D eigenvalue weighted by Gasteiger charge is 2.44. The molecule has 3 aromatic rings. The van der Waals surface area contributed by atoms with E-state index in [9.17, 15) is 17.6 Å². The largest absolute Gasteiger partial charge is 0.459 e. The minimum atomic E-state index is -2.61. The zero-order valence-electron chi connectivity index (χ0n) is 13.8. The molecule has 0 saturated heterocycles. The summed E-state index contributed by atoms with van der Waals surface area (Å²) in [4.78, 5) is 0.791. The highest BCUT2D eigenvalue weighted by molar-refractivity contribution is 7.99. The lowest BCUT2D eigenvalue weighted by Gasteiger charge is -2.32. The predicted octanol–water partition coefficient (Wildman–Crippen LogP) is 5.49. The zero-order valence-corrected chi connectivity index (χ0v) is 14.6. The minimum absolute atomic E-state index is 0.153. The van der Waals surface area contributed by atoms with Crippen LogP contribution in [0.2, 0.25) is 0 Å². The lowest BCUT2D eigenvalue weighted by Crippen LogP contribution is -2.49. The van der Waals surface area contributed by atoms with Gasteiger partial charge in [-0.15, -0.1) is 0 Å². The maximum atomic E-state index is 13.9. The van der Waals surface area contributed by atoms with E-state index >= 15 is 0 Å². The lowest BCUT2D eigenvalue weighted by atomic mass is 9.89. The quantitative estimate of drug-likeness (QED) is 0.608. The van der Waals surface area contributed by atoms with E-state index < -0.39 is 23.6 Å². The van der Waals surface area contributed by atoms with Gasteiger partial charge in [0.05, 0.1) is 4.90 Å². The standard InChI is InChI=1S/C19H15F4NOS/c1-19(18(22)23)17-12(7-8-24-19)11-6-5-10(9-14(11)25-17)26-15-4-2-3-13(20)16(15)21/h2-6,9,18,24H,7-8H2,1H3. The van der Waals surface area contributed by atoms with Crippen LogP contribution >= 0.6 is 11.8 Å². The summed E-state index contributed by atoms with van der Waals surface area (Å²) >= 11 is 1.06. The van der Waals surface area contributed by atoms with Gasteiger partial charge in [0, 0.05) is 22.4 Å². The summed E-state index contributed by atoms with van der Waals surface area (Å²) in [5.74, 6) is -1.58. The van der Waals surface area contributed by atoms with Crippen LogP contribution in [0.25, 0.3) is 11.0 Å². The molecule has 1 unspecified atom stereocenters. The van der Waals surface area contributed by atoms with Gasteiger partial charge in [0.15, 0.2) is 11.6 Å². The van der Waals surface area contributed by atoms with Crippen molar-refractivity contribution in [3.8, 4) is 0 Å². The van der Waals surface area contributed by atoms with Crippen LogP contribution in [0.15, 0.2) is 50.6 Å². The smallest absolute Gasteiger partial charge is 0.263 e. The first-order valence-electron chi connectivity index (χ1n) is 8.11. The van der Waals surface area contributed by atoms with Gasteiger partial charge in [0.2, 0.25) is 0 Å². The highest BCUT2D eigenvalue weighted by Crippen LogP contribution is 2.41. The molecule has 136 valence electrons. The number of hydrogen-bond acceptors (Lipinski definition) is 3. The first-order valence-corrected chi connectivity index (χ1v) is 8.93. The van der Waals surface area contributed by atoms with Crippen LogP contribution in [-0.4, -0.2) is 13.0 Å². The topological polar surface area (TPSA) is 25.2 Å². The third kappa shape index (κ3) is 2.70. The van der Waals surface area contributed by atoms with Gasteiger partial charge >= 0.3 is 0 Å². The molecule has 2 nitrogen and oxygen atoms in total. The van der Waals surface area contributed by atoms with Crippen molar-refractivity contribution in [1.29, 1.82) is 0 Å². The number of benzene rings is 2. The molecule has 1 aliphatic rings. The van der Waals surface area contributed by atoms with Crippen molar-refractivity contribution in [3.63, 3.8) is 0 Å². The molecule has 1 aromatic heterocycles. The Morgan fingerprint density at radius 1 is 1.19 bits per heavy atom. The third-order valence-electron chi connectivity index (χ3n) is 4.68. The first-order chi connectivity index (χ1) is 12.4. The van der Waals surface area contributed by atoms with E-state index in [1.54, 1.807) is 18.2 Å². The molecule has 0 spiro atoms. The molecule has 4 rings (SSSR count). The molecule has 2 aromatic carbocycles. The second-order valence-electron chi connectivity index (χ2n) is 6.40. The molecule has 0 radical (unpaired) electrons. The summed E-state index contributed by atoms with van der Waals surface area (Å²) < 4.78 is 60.1. The van der Waals surface area contributed by atoms with E-state index in [2.05, 4.69) is 5.32 Å². The number of hydrogen-bond donors (Lipinski definition) is 1. The van der Waals surface area contributed by atoms with Gasteiger partial charge in [-0.3, -0.25) is 5.32 Å². The number of alkyl halides is 2. The van der Waals surface area contributed by atoms with Crippen molar-refractivity contribution in [2.24, 2.45) is 0 Å². The van der Waals surface area contributed by atoms with E-state index in [1.165, 1.54) is 19.1 Å². The van der Waals surface area contributed by atoms with Gasteiger partial charge in [0.1, 0.15) is 16.9 Å². The summed E-state index contributed by atoms with van der Waals surface area (Å²) in [6, 6.07) is 9.20. The van der Waals surface area contributed by atoms with Crippen molar-refractivity contribution < 1.29 is 22.0 Å². The summed E-state index contributed by atoms with van der Waals surface area (Å²) in [6.45, 7) is 1.86. The molecule has 0 amide bonds. The van der Waals surface area contributed by atoms with Gasteiger partial charge in [-0.25, -0.2) is 17.6 Å². The van der Waals surface area contributed by atoms with Crippen LogP contribution in [0, 0.1) is 11.6 Å². The van der Waals surface area contributed by atoms with Gasteiger partial charge < -0.3 is 4.42 Å². The average Bonchev–Trinajstić information content (AvgIpc) is 2.98. The Labute approximate surface area is 151 Å². The fourth-order valence-electron chi connectivity index (χ4n) is 3.25. The molecule has 1 N–H and O–H groups in total. The Bertz CT molecular complexity index is 987. The molecule has 0 aliphatic carbocycles. The van der Waals surface area contributed by atoms with Gasteiger partial charge in [-0.05, 0) is 43.7 Å². The second-order valence-corrected chi connectivity index (χ2v) is 7.52. The van der Waals surface area contributed by atoms with E-state index in [4.69, 9.17) is 4.42 Å². The lowest BCUT2D eigenvalue weighted by molar-refractivity contribution is 0.0220. The molecule has 26 heavy (non-hydrogen) atoms. The summed E-state index contributed by atoms with van der Waals surface area (Å²) in [5, 5.41) is 3.62. The summed E-state index contributed by atoms with van der Waals surface area (Å²) in [5.41, 5.74) is -0.295. The molecule has 0 saturated carbocycles. The van der Waals surface area contributed by atoms with Crippen LogP contribution in [0.1, 0.15) is 18.2 Å². The monoisotopic (exact) mass is 381 g/mol. The summed E-state index contributed by atoms with van der Waals surface area (Å²) in [7, 11) is 0. The van der Waals surface area contributed by atoms with Crippen LogP contribution in [-0.2, 0) is 12.0 Å². The Kier molecular flexibility index (Phi) is 4.23. The van der Waals surface area contributed by atoms with E-state index in [0.717, 1.165) is 28.8 Å². The Morgan fingerprint density at radius 3 is 2.77 bits per heavy atom. The Balaban J connectivity index is 1.76. The maximum Gasteiger partial charge on any atom is 0.263 e. The fourth-order valence-corrected chi connectivity index (χ4v) is 4.14. The van der Waals surface area contributed by atoms with E-state index in [1.807, 2.05) is 0 Å². The van der Waals surface area contributed by atoms with Gasteiger partial charge in [-0.1, -0.05) is 17.8 Å². The van der Waals surface area contributed by atoms with Crippen LogP contribution in [0.3, 0.4) is 0 Å². The van der Waals surface area contributed by atoms with Crippen molar-refractivity contribution in [3.05, 3.63) is 59.4 Å². The van der Waals surface area contributed by atoms with Crippen molar-refractivity contribution in [1.82, 2.24) is 5.32 Å². The second kappa shape index (κ2) is 6.32. The third-order valence-corrected chi connectivity index (χ3v) is 5.71. The molecular weight excluding hydrogens is 366 g/mol. The normalized spacial score (nSPS) is 19.9. The maximum absolute atomic E-state index is 13.9. The van der Waals surface area contributed by atoms with Crippen molar-refractivity contribution >= 4 is 22.7 Å². The van der Waals surface area contributed by atoms with Crippen LogP contribution in [0.5, 0.6) is 0 Å². The first kappa shape index (κ1) is 17.4. The van der Waals surface area contributed by atoms with Crippen molar-refractivity contribution in [2.75, 3.05) is 6.54 Å². The Hall–Kier alpha value is -1.99. The average molecular weight is 381 g/mol. The molecule has 2 heterocycles. The Morgan fingerprint density at radius 2 is 2.00 bits per heavy atom.